The van der Waals surface area contributed by atoms with Crippen LogP contribution in [0.15, 0.2) is 85.2 Å². The normalized spacial score (nSPS) is 17.1. The van der Waals surface area contributed by atoms with Gasteiger partial charge in [-0.05, 0) is 91.8 Å². The number of aromatic nitrogens is 2. The Hall–Kier alpha value is -4.01. The summed E-state index contributed by atoms with van der Waals surface area (Å²) in [6.45, 7) is 4.07. The number of hydrogen-bond acceptors (Lipinski definition) is 4. The fraction of sp³-hybridized carbons (Fsp3) is 0.207. The Morgan fingerprint density at radius 3 is 2.65 bits per heavy atom. The van der Waals surface area contributed by atoms with Gasteiger partial charge in [0.15, 0.2) is 5.11 Å². The highest BCUT2D eigenvalue weighted by molar-refractivity contribution is 7.80. The van der Waals surface area contributed by atoms with Crippen LogP contribution in [0.2, 0.25) is 0 Å². The molecule has 1 aliphatic rings. The fourth-order valence-electron chi connectivity index (χ4n) is 4.84. The summed E-state index contributed by atoms with van der Waals surface area (Å²) in [6, 6.07) is 24.2. The molecule has 7 nitrogen and oxygen atoms in total. The Bertz CT molecular complexity index is 1440. The number of benzene rings is 2. The molecule has 0 aliphatic carbocycles. The molecule has 188 valence electrons. The van der Waals surface area contributed by atoms with Gasteiger partial charge in [-0.15, -0.1) is 0 Å². The van der Waals surface area contributed by atoms with E-state index in [2.05, 4.69) is 74.6 Å². The summed E-state index contributed by atoms with van der Waals surface area (Å²) < 4.78 is 7.16. The lowest BCUT2D eigenvalue weighted by Gasteiger charge is -2.29. The van der Waals surface area contributed by atoms with Crippen LogP contribution in [0.4, 0.5) is 11.4 Å². The van der Waals surface area contributed by atoms with Crippen molar-refractivity contribution >= 4 is 34.6 Å². The standard InChI is InChI=1S/C29H29N5O2S/c1-19-8-6-9-21(16-19)33-15-7-11-25(33)28-27(24-10-4-5-14-30-24)32-29(37)34(28)22-12-13-23(20(2)17-22)31-26(35)18-36-3/h4-17,27-28H,18H2,1-3H3,(H,31,35)(H,32,37)/t27-,28-/m0/s1. The van der Waals surface area contributed by atoms with E-state index in [1.807, 2.05) is 43.3 Å². The molecular formula is C29H29N5O2S. The zero-order valence-electron chi connectivity index (χ0n) is 21.0. The summed E-state index contributed by atoms with van der Waals surface area (Å²) >= 11 is 5.90. The Morgan fingerprint density at radius 2 is 1.92 bits per heavy atom. The molecule has 2 aromatic carbocycles. The molecule has 1 amide bonds. The number of carbonyl (C=O) groups is 1. The number of pyridine rings is 1. The van der Waals surface area contributed by atoms with Crippen molar-refractivity contribution in [3.05, 3.63) is 108 Å². The molecule has 1 saturated heterocycles. The smallest absolute Gasteiger partial charge is 0.250 e. The van der Waals surface area contributed by atoms with Crippen LogP contribution in [0.3, 0.4) is 0 Å². The Balaban J connectivity index is 1.59. The monoisotopic (exact) mass is 511 g/mol. The van der Waals surface area contributed by atoms with Crippen LogP contribution >= 0.6 is 12.2 Å². The van der Waals surface area contributed by atoms with Crippen LogP contribution < -0.4 is 15.5 Å². The highest BCUT2D eigenvalue weighted by Crippen LogP contribution is 2.42. The topological polar surface area (TPSA) is 71.4 Å². The minimum Gasteiger partial charge on any atom is -0.375 e. The first-order chi connectivity index (χ1) is 18.0. The van der Waals surface area contributed by atoms with E-state index in [0.717, 1.165) is 34.0 Å². The van der Waals surface area contributed by atoms with Gasteiger partial charge in [0.1, 0.15) is 12.6 Å². The summed E-state index contributed by atoms with van der Waals surface area (Å²) in [4.78, 5) is 18.9. The highest BCUT2D eigenvalue weighted by Gasteiger charge is 2.42. The van der Waals surface area contributed by atoms with Gasteiger partial charge in [0, 0.05) is 42.3 Å². The highest BCUT2D eigenvalue weighted by atomic mass is 32.1. The van der Waals surface area contributed by atoms with Gasteiger partial charge in [-0.25, -0.2) is 0 Å². The molecule has 0 bridgehead atoms. The quantitative estimate of drug-likeness (QED) is 0.330. The zero-order chi connectivity index (χ0) is 25.9. The minimum atomic E-state index is -0.194. The summed E-state index contributed by atoms with van der Waals surface area (Å²) in [5.41, 5.74) is 6.88. The number of aryl methyl sites for hydroxylation is 2. The molecule has 0 spiro atoms. The third-order valence-electron chi connectivity index (χ3n) is 6.50. The van der Waals surface area contributed by atoms with E-state index in [0.29, 0.717) is 5.11 Å². The largest absolute Gasteiger partial charge is 0.375 e. The number of rotatable bonds is 7. The molecule has 1 aliphatic heterocycles. The average Bonchev–Trinajstić information content (AvgIpc) is 3.50. The van der Waals surface area contributed by atoms with Gasteiger partial charge in [0.05, 0.1) is 11.7 Å². The number of ether oxygens (including phenoxy) is 1. The van der Waals surface area contributed by atoms with E-state index in [1.54, 1.807) is 6.20 Å². The maximum absolute atomic E-state index is 12.1. The second-order valence-electron chi connectivity index (χ2n) is 9.12. The van der Waals surface area contributed by atoms with Crippen LogP contribution in [0.25, 0.3) is 5.69 Å². The fourth-order valence-corrected chi connectivity index (χ4v) is 5.18. The molecule has 8 heteroatoms. The van der Waals surface area contributed by atoms with Crippen molar-refractivity contribution < 1.29 is 9.53 Å². The number of methoxy groups -OCH3 is 1. The van der Waals surface area contributed by atoms with Crippen molar-refractivity contribution in [2.75, 3.05) is 23.9 Å². The molecule has 3 heterocycles. The van der Waals surface area contributed by atoms with Gasteiger partial charge < -0.3 is 24.8 Å². The van der Waals surface area contributed by atoms with E-state index >= 15 is 0 Å². The van der Waals surface area contributed by atoms with Crippen LogP contribution in [-0.4, -0.2) is 34.3 Å². The zero-order valence-corrected chi connectivity index (χ0v) is 21.8. The first-order valence-corrected chi connectivity index (χ1v) is 12.5. The third-order valence-corrected chi connectivity index (χ3v) is 6.81. The van der Waals surface area contributed by atoms with Crippen molar-refractivity contribution in [2.24, 2.45) is 0 Å². The van der Waals surface area contributed by atoms with Gasteiger partial charge in [-0.3, -0.25) is 9.78 Å². The molecule has 2 N–H and O–H groups in total. The molecule has 0 saturated carbocycles. The molecule has 0 radical (unpaired) electrons. The van der Waals surface area contributed by atoms with Crippen LogP contribution in [0, 0.1) is 13.8 Å². The van der Waals surface area contributed by atoms with E-state index in [-0.39, 0.29) is 24.6 Å². The SMILES string of the molecule is COCC(=O)Nc1ccc(N2C(=S)N[C@@H](c3ccccn3)[C@@H]2c2cccn2-c2cccc(C)c2)cc1C. The van der Waals surface area contributed by atoms with Crippen molar-refractivity contribution in [3.63, 3.8) is 0 Å². The van der Waals surface area contributed by atoms with E-state index in [4.69, 9.17) is 17.0 Å². The lowest BCUT2D eigenvalue weighted by molar-refractivity contribution is -0.119. The molecule has 0 unspecified atom stereocenters. The lowest BCUT2D eigenvalue weighted by atomic mass is 10.00. The van der Waals surface area contributed by atoms with Crippen LogP contribution in [0.5, 0.6) is 0 Å². The maximum Gasteiger partial charge on any atom is 0.250 e. The number of nitrogens with zero attached hydrogens (tertiary/aromatic N) is 3. The molecule has 1 fully saturated rings. The van der Waals surface area contributed by atoms with Crippen LogP contribution in [0.1, 0.15) is 34.6 Å². The van der Waals surface area contributed by atoms with Crippen molar-refractivity contribution in [1.82, 2.24) is 14.9 Å². The van der Waals surface area contributed by atoms with Gasteiger partial charge >= 0.3 is 0 Å². The van der Waals surface area contributed by atoms with Gasteiger partial charge in [0.2, 0.25) is 5.91 Å². The molecule has 2 aromatic heterocycles. The Kier molecular flexibility index (Phi) is 7.03. The lowest BCUT2D eigenvalue weighted by Crippen LogP contribution is -2.30. The second kappa shape index (κ2) is 10.5. The van der Waals surface area contributed by atoms with E-state index in [9.17, 15) is 4.79 Å². The number of nitrogens with one attached hydrogen (secondary N) is 2. The Labute approximate surface area is 222 Å². The molecule has 37 heavy (non-hydrogen) atoms. The predicted octanol–water partition coefficient (Wildman–Crippen LogP) is 5.25. The van der Waals surface area contributed by atoms with Crippen molar-refractivity contribution in [2.45, 2.75) is 25.9 Å². The number of carbonyl (C=O) groups excluding carboxylic acids is 1. The van der Waals surface area contributed by atoms with Gasteiger partial charge in [-0.2, -0.15) is 0 Å². The second-order valence-corrected chi connectivity index (χ2v) is 9.51. The van der Waals surface area contributed by atoms with E-state index < -0.39 is 0 Å². The van der Waals surface area contributed by atoms with Crippen molar-refractivity contribution in [3.8, 4) is 5.69 Å². The van der Waals surface area contributed by atoms with Gasteiger partial charge in [0.25, 0.3) is 0 Å². The number of anilines is 2. The summed E-state index contributed by atoms with van der Waals surface area (Å²) in [6.07, 6.45) is 3.89. The molecule has 2 atom stereocenters. The first kappa shape index (κ1) is 24.7. The van der Waals surface area contributed by atoms with E-state index in [1.165, 1.54) is 12.7 Å². The van der Waals surface area contributed by atoms with Crippen LogP contribution in [-0.2, 0) is 9.53 Å². The average molecular weight is 512 g/mol. The number of amides is 1. The first-order valence-electron chi connectivity index (χ1n) is 12.1. The summed E-state index contributed by atoms with van der Waals surface area (Å²) in [5, 5.41) is 7.05. The van der Waals surface area contributed by atoms with Gasteiger partial charge in [-0.1, -0.05) is 18.2 Å². The van der Waals surface area contributed by atoms with Crippen molar-refractivity contribution in [1.29, 1.82) is 0 Å². The molecule has 5 rings (SSSR count). The number of thiocarbonyl (C=S) groups is 1. The summed E-state index contributed by atoms with van der Waals surface area (Å²) in [5.74, 6) is -0.194. The predicted molar refractivity (Wildman–Crippen MR) is 150 cm³/mol. The minimum absolute atomic E-state index is 0.00506. The third kappa shape index (κ3) is 4.98. The molecular weight excluding hydrogens is 482 g/mol. The Morgan fingerprint density at radius 1 is 1.05 bits per heavy atom. The maximum atomic E-state index is 12.1. The number of hydrogen-bond donors (Lipinski definition) is 2. The summed E-state index contributed by atoms with van der Waals surface area (Å²) in [7, 11) is 1.50. The molecule has 4 aromatic rings.